The van der Waals surface area contributed by atoms with Gasteiger partial charge in [-0.1, -0.05) is 57.2 Å². The second-order valence-electron chi connectivity index (χ2n) is 5.64. The van der Waals surface area contributed by atoms with E-state index in [1.807, 2.05) is 30.3 Å². The van der Waals surface area contributed by atoms with Crippen LogP contribution < -0.4 is 5.73 Å². The molecule has 0 amide bonds. The van der Waals surface area contributed by atoms with Crippen molar-refractivity contribution in [3.63, 3.8) is 0 Å². The van der Waals surface area contributed by atoms with Crippen molar-refractivity contribution < 1.29 is 9.15 Å². The lowest BCUT2D eigenvalue weighted by Gasteiger charge is -2.09. The molecule has 21 heavy (non-hydrogen) atoms. The molecule has 0 aliphatic rings. The third-order valence-corrected chi connectivity index (χ3v) is 3.75. The lowest BCUT2D eigenvalue weighted by molar-refractivity contribution is 0.112. The molecule has 1 heterocycles. The van der Waals surface area contributed by atoms with Gasteiger partial charge in [0.25, 0.3) is 0 Å². The number of ether oxygens (including phenoxy) is 1. The summed E-state index contributed by atoms with van der Waals surface area (Å²) in [4.78, 5) is 0. The Morgan fingerprint density at radius 1 is 1.10 bits per heavy atom. The van der Waals surface area contributed by atoms with E-state index in [2.05, 4.69) is 6.92 Å². The van der Waals surface area contributed by atoms with Gasteiger partial charge in [0.15, 0.2) is 0 Å². The molecule has 0 aliphatic carbocycles. The maximum atomic E-state index is 6.12. The predicted molar refractivity (Wildman–Crippen MR) is 87.3 cm³/mol. The monoisotopic (exact) mass is 289 g/mol. The van der Waals surface area contributed by atoms with Crippen LogP contribution in [0.3, 0.4) is 0 Å². The fourth-order valence-electron chi connectivity index (χ4n) is 2.46. The molecular weight excluding hydrogens is 262 g/mol. The first-order valence-corrected chi connectivity index (χ1v) is 8.13. The molecule has 0 spiro atoms. The second-order valence-corrected chi connectivity index (χ2v) is 5.64. The molecule has 116 valence electrons. The van der Waals surface area contributed by atoms with Crippen LogP contribution in [-0.4, -0.2) is 13.2 Å². The van der Waals surface area contributed by atoms with Gasteiger partial charge in [-0.25, -0.2) is 0 Å². The molecule has 0 aliphatic heterocycles. The molecular formula is C18H27NO2. The van der Waals surface area contributed by atoms with Crippen molar-refractivity contribution in [3.8, 4) is 0 Å². The second kappa shape index (κ2) is 8.85. The van der Waals surface area contributed by atoms with Crippen LogP contribution in [0.4, 0.5) is 0 Å². The Balaban J connectivity index is 1.64. The van der Waals surface area contributed by atoms with Gasteiger partial charge >= 0.3 is 0 Å². The van der Waals surface area contributed by atoms with E-state index in [0.717, 1.165) is 29.8 Å². The normalized spacial score (nSPS) is 12.9. The van der Waals surface area contributed by atoms with Crippen LogP contribution in [-0.2, 0) is 4.74 Å². The molecule has 0 fully saturated rings. The average Bonchev–Trinajstić information content (AvgIpc) is 2.94. The van der Waals surface area contributed by atoms with E-state index in [-0.39, 0.29) is 6.04 Å². The summed E-state index contributed by atoms with van der Waals surface area (Å²) in [6, 6.07) is 9.79. The van der Waals surface area contributed by atoms with Gasteiger partial charge in [0.1, 0.15) is 11.3 Å². The Labute approximate surface area is 127 Å². The van der Waals surface area contributed by atoms with Crippen LogP contribution >= 0.6 is 0 Å². The van der Waals surface area contributed by atoms with Crippen molar-refractivity contribution in [3.05, 3.63) is 36.1 Å². The Morgan fingerprint density at radius 3 is 2.67 bits per heavy atom. The number of hydrogen-bond donors (Lipinski definition) is 1. The van der Waals surface area contributed by atoms with Crippen molar-refractivity contribution in [2.75, 3.05) is 13.2 Å². The minimum atomic E-state index is -0.183. The number of para-hydroxylation sites is 1. The number of unbranched alkanes of at least 4 members (excludes halogenated alkanes) is 5. The largest absolute Gasteiger partial charge is 0.459 e. The molecule has 0 radical (unpaired) electrons. The van der Waals surface area contributed by atoms with Crippen molar-refractivity contribution in [1.82, 2.24) is 0 Å². The maximum Gasteiger partial charge on any atom is 0.134 e. The molecule has 2 rings (SSSR count). The van der Waals surface area contributed by atoms with Crippen LogP contribution in [0, 0.1) is 0 Å². The smallest absolute Gasteiger partial charge is 0.134 e. The Morgan fingerprint density at radius 2 is 1.86 bits per heavy atom. The average molecular weight is 289 g/mol. The first kappa shape index (κ1) is 16.1. The molecule has 2 N–H and O–H groups in total. The van der Waals surface area contributed by atoms with E-state index in [1.165, 1.54) is 32.1 Å². The Hall–Kier alpha value is -1.32. The summed E-state index contributed by atoms with van der Waals surface area (Å²) < 4.78 is 11.4. The van der Waals surface area contributed by atoms with E-state index >= 15 is 0 Å². The standard InChI is InChI=1S/C18H27NO2/c1-2-3-4-5-6-9-12-20-14-16(19)18-13-15-10-7-8-11-17(15)21-18/h7-8,10-11,13,16H,2-6,9,12,14,19H2,1H3. The first-order valence-electron chi connectivity index (χ1n) is 8.13. The minimum Gasteiger partial charge on any atom is -0.459 e. The minimum absolute atomic E-state index is 0.183. The first-order chi connectivity index (χ1) is 10.3. The molecule has 1 aromatic carbocycles. The third-order valence-electron chi connectivity index (χ3n) is 3.75. The highest BCUT2D eigenvalue weighted by Gasteiger charge is 2.11. The summed E-state index contributed by atoms with van der Waals surface area (Å²) in [7, 11) is 0. The van der Waals surface area contributed by atoms with E-state index in [0.29, 0.717) is 6.61 Å². The van der Waals surface area contributed by atoms with E-state index in [1.54, 1.807) is 0 Å². The van der Waals surface area contributed by atoms with E-state index in [9.17, 15) is 0 Å². The fraction of sp³-hybridized carbons (Fsp3) is 0.556. The zero-order valence-electron chi connectivity index (χ0n) is 13.0. The van der Waals surface area contributed by atoms with Crippen LogP contribution in [0.1, 0.15) is 57.3 Å². The summed E-state index contributed by atoms with van der Waals surface area (Å²) in [5.41, 5.74) is 7.01. The molecule has 3 nitrogen and oxygen atoms in total. The van der Waals surface area contributed by atoms with Gasteiger partial charge in [0.2, 0.25) is 0 Å². The van der Waals surface area contributed by atoms with Crippen molar-refractivity contribution in [1.29, 1.82) is 0 Å². The molecule has 3 heteroatoms. The molecule has 1 unspecified atom stereocenters. The molecule has 1 atom stereocenters. The van der Waals surface area contributed by atoms with Gasteiger partial charge in [-0.2, -0.15) is 0 Å². The summed E-state index contributed by atoms with van der Waals surface area (Å²) in [6.07, 6.45) is 7.67. The number of hydrogen-bond acceptors (Lipinski definition) is 3. The van der Waals surface area contributed by atoms with Crippen molar-refractivity contribution >= 4 is 11.0 Å². The summed E-state index contributed by atoms with van der Waals surface area (Å²) >= 11 is 0. The molecule has 0 bridgehead atoms. The topological polar surface area (TPSA) is 48.4 Å². The lowest BCUT2D eigenvalue weighted by Crippen LogP contribution is -2.16. The van der Waals surface area contributed by atoms with Gasteiger partial charge in [-0.05, 0) is 18.6 Å². The summed E-state index contributed by atoms with van der Waals surface area (Å²) in [5, 5.41) is 1.10. The molecule has 0 saturated carbocycles. The van der Waals surface area contributed by atoms with Crippen molar-refractivity contribution in [2.45, 2.75) is 51.5 Å². The van der Waals surface area contributed by atoms with E-state index in [4.69, 9.17) is 14.9 Å². The number of fused-ring (bicyclic) bond motifs is 1. The number of furan rings is 1. The quantitative estimate of drug-likeness (QED) is 0.638. The van der Waals surface area contributed by atoms with Gasteiger partial charge in [0, 0.05) is 12.0 Å². The number of nitrogens with two attached hydrogens (primary N) is 1. The zero-order valence-corrected chi connectivity index (χ0v) is 13.0. The highest BCUT2D eigenvalue weighted by molar-refractivity contribution is 5.77. The summed E-state index contributed by atoms with van der Waals surface area (Å²) in [5.74, 6) is 0.805. The van der Waals surface area contributed by atoms with Crippen LogP contribution in [0.15, 0.2) is 34.7 Å². The SMILES string of the molecule is CCCCCCCCOCC(N)c1cc2ccccc2o1. The number of rotatable bonds is 10. The third kappa shape index (κ3) is 5.18. The highest BCUT2D eigenvalue weighted by Crippen LogP contribution is 2.22. The van der Waals surface area contributed by atoms with Crippen LogP contribution in [0.5, 0.6) is 0 Å². The Kier molecular flexibility index (Phi) is 6.77. The lowest BCUT2D eigenvalue weighted by atomic mass is 10.1. The van der Waals surface area contributed by atoms with Gasteiger partial charge in [-0.15, -0.1) is 0 Å². The molecule has 0 saturated heterocycles. The Bertz CT molecular complexity index is 488. The van der Waals surface area contributed by atoms with Gasteiger partial charge < -0.3 is 14.9 Å². The highest BCUT2D eigenvalue weighted by atomic mass is 16.5. The van der Waals surface area contributed by atoms with E-state index < -0.39 is 0 Å². The predicted octanol–water partition coefficient (Wildman–Crippen LogP) is 4.81. The molecule has 1 aromatic heterocycles. The maximum absolute atomic E-state index is 6.12. The fourth-order valence-corrected chi connectivity index (χ4v) is 2.46. The van der Waals surface area contributed by atoms with Crippen LogP contribution in [0.2, 0.25) is 0 Å². The summed E-state index contributed by atoms with van der Waals surface area (Å²) in [6.45, 7) is 3.55. The van der Waals surface area contributed by atoms with Gasteiger partial charge in [0.05, 0.1) is 12.6 Å². The molecule has 2 aromatic rings. The number of benzene rings is 1. The van der Waals surface area contributed by atoms with Gasteiger partial charge in [-0.3, -0.25) is 0 Å². The van der Waals surface area contributed by atoms with Crippen LogP contribution in [0.25, 0.3) is 11.0 Å². The zero-order chi connectivity index (χ0) is 14.9. The van der Waals surface area contributed by atoms with Crippen molar-refractivity contribution in [2.24, 2.45) is 5.73 Å².